The Morgan fingerprint density at radius 2 is 1.88 bits per heavy atom. The quantitative estimate of drug-likeness (QED) is 0.711. The smallest absolute Gasteiger partial charge is 0.339 e. The SMILES string of the molecule is Cc1cc(C(=O)OCC(=O)N(C2CCCC2)[C@@H]2CCS(=O)(=O)C2)c(C)s1. The molecule has 0 bridgehead atoms. The Kier molecular flexibility index (Phi) is 5.72. The molecule has 2 aliphatic rings. The van der Waals surface area contributed by atoms with E-state index in [-0.39, 0.29) is 36.1 Å². The number of hydrogen-bond donors (Lipinski definition) is 0. The molecule has 2 heterocycles. The second-order valence-electron chi connectivity index (χ2n) is 7.20. The Morgan fingerprint density at radius 3 is 2.42 bits per heavy atom. The predicted molar refractivity (Wildman–Crippen MR) is 100 cm³/mol. The van der Waals surface area contributed by atoms with E-state index in [1.807, 2.05) is 13.8 Å². The summed E-state index contributed by atoms with van der Waals surface area (Å²) in [6, 6.07) is 1.54. The van der Waals surface area contributed by atoms with Gasteiger partial charge < -0.3 is 9.64 Å². The van der Waals surface area contributed by atoms with Crippen LogP contribution in [0.1, 0.15) is 52.2 Å². The maximum Gasteiger partial charge on any atom is 0.339 e. The predicted octanol–water partition coefficient (Wildman–Crippen LogP) is 2.48. The molecule has 8 heteroatoms. The minimum absolute atomic E-state index is 0.0199. The van der Waals surface area contributed by atoms with Gasteiger partial charge in [0.25, 0.3) is 5.91 Å². The largest absolute Gasteiger partial charge is 0.452 e. The third kappa shape index (κ3) is 4.28. The van der Waals surface area contributed by atoms with Crippen molar-refractivity contribution in [3.8, 4) is 0 Å². The van der Waals surface area contributed by atoms with Crippen molar-refractivity contribution >= 4 is 33.1 Å². The lowest BCUT2D eigenvalue weighted by molar-refractivity contribution is -0.139. The summed E-state index contributed by atoms with van der Waals surface area (Å²) in [4.78, 5) is 28.7. The van der Waals surface area contributed by atoms with E-state index < -0.39 is 15.8 Å². The van der Waals surface area contributed by atoms with Crippen LogP contribution in [0.2, 0.25) is 0 Å². The van der Waals surface area contributed by atoms with Crippen LogP contribution in [0, 0.1) is 13.8 Å². The average molecular weight is 400 g/mol. The summed E-state index contributed by atoms with van der Waals surface area (Å²) >= 11 is 1.52. The molecule has 1 atom stereocenters. The lowest BCUT2D eigenvalue weighted by Gasteiger charge is -2.33. The number of aryl methyl sites for hydroxylation is 2. The van der Waals surface area contributed by atoms with Crippen LogP contribution in [0.25, 0.3) is 0 Å². The number of ether oxygens (including phenoxy) is 1. The van der Waals surface area contributed by atoms with Crippen molar-refractivity contribution in [1.29, 1.82) is 0 Å². The third-order valence-corrected chi connectivity index (χ3v) is 7.91. The molecule has 144 valence electrons. The molecule has 0 aromatic carbocycles. The highest BCUT2D eigenvalue weighted by Crippen LogP contribution is 2.29. The van der Waals surface area contributed by atoms with Crippen molar-refractivity contribution in [2.45, 2.75) is 58.0 Å². The highest BCUT2D eigenvalue weighted by molar-refractivity contribution is 7.91. The number of carbonyl (C=O) groups excluding carboxylic acids is 2. The number of rotatable bonds is 5. The first-order valence-electron chi connectivity index (χ1n) is 9.02. The van der Waals surface area contributed by atoms with Gasteiger partial charge in [-0.2, -0.15) is 0 Å². The highest BCUT2D eigenvalue weighted by atomic mass is 32.2. The van der Waals surface area contributed by atoms with E-state index in [1.54, 1.807) is 11.0 Å². The zero-order chi connectivity index (χ0) is 18.9. The molecule has 1 saturated heterocycles. The maximum atomic E-state index is 12.8. The Hall–Kier alpha value is -1.41. The number of esters is 1. The number of carbonyl (C=O) groups is 2. The van der Waals surface area contributed by atoms with Crippen molar-refractivity contribution in [3.05, 3.63) is 21.4 Å². The molecule has 1 saturated carbocycles. The molecule has 1 aliphatic carbocycles. The minimum Gasteiger partial charge on any atom is -0.452 e. The van der Waals surface area contributed by atoms with Crippen LogP contribution >= 0.6 is 11.3 Å². The van der Waals surface area contributed by atoms with E-state index in [4.69, 9.17) is 4.74 Å². The van der Waals surface area contributed by atoms with Gasteiger partial charge in [-0.15, -0.1) is 11.3 Å². The maximum absolute atomic E-state index is 12.8. The molecule has 1 aliphatic heterocycles. The molecular weight excluding hydrogens is 374 g/mol. The molecule has 3 rings (SSSR count). The number of hydrogen-bond acceptors (Lipinski definition) is 6. The van der Waals surface area contributed by atoms with Gasteiger partial charge in [-0.05, 0) is 39.2 Å². The summed E-state index contributed by atoms with van der Waals surface area (Å²) in [5.41, 5.74) is 0.496. The molecular formula is C18H25NO5S2. The van der Waals surface area contributed by atoms with Gasteiger partial charge in [0, 0.05) is 21.8 Å². The summed E-state index contributed by atoms with van der Waals surface area (Å²) < 4.78 is 29.0. The molecule has 0 unspecified atom stereocenters. The summed E-state index contributed by atoms with van der Waals surface area (Å²) in [5.74, 6) is -0.629. The molecule has 1 aromatic rings. The van der Waals surface area contributed by atoms with Gasteiger partial charge in [-0.25, -0.2) is 13.2 Å². The van der Waals surface area contributed by atoms with Crippen molar-refractivity contribution in [2.75, 3.05) is 18.1 Å². The lowest BCUT2D eigenvalue weighted by Crippen LogP contribution is -2.48. The summed E-state index contributed by atoms with van der Waals surface area (Å²) in [6.07, 6.45) is 4.33. The Morgan fingerprint density at radius 1 is 1.19 bits per heavy atom. The molecule has 6 nitrogen and oxygen atoms in total. The van der Waals surface area contributed by atoms with E-state index in [9.17, 15) is 18.0 Å². The fourth-order valence-electron chi connectivity index (χ4n) is 4.00. The van der Waals surface area contributed by atoms with Crippen LogP contribution in [0.5, 0.6) is 0 Å². The molecule has 2 fully saturated rings. The van der Waals surface area contributed by atoms with Gasteiger partial charge in [0.05, 0.1) is 17.1 Å². The van der Waals surface area contributed by atoms with Crippen molar-refractivity contribution in [2.24, 2.45) is 0 Å². The Bertz CT molecular complexity index is 793. The van der Waals surface area contributed by atoms with Crippen molar-refractivity contribution < 1.29 is 22.7 Å². The Labute approximate surface area is 158 Å². The first kappa shape index (κ1) is 19.4. The standard InChI is InChI=1S/C18H25NO5S2/c1-12-9-16(13(2)25-12)18(21)24-10-17(20)19(14-5-3-4-6-14)15-7-8-26(22,23)11-15/h9,14-15H,3-8,10-11H2,1-2H3/t15-/m1/s1. The molecule has 0 N–H and O–H groups in total. The summed E-state index contributed by atoms with van der Waals surface area (Å²) in [6.45, 7) is 3.44. The van der Waals surface area contributed by atoms with E-state index in [0.717, 1.165) is 35.4 Å². The lowest BCUT2D eigenvalue weighted by atomic mass is 10.1. The van der Waals surface area contributed by atoms with Gasteiger partial charge >= 0.3 is 5.97 Å². The van der Waals surface area contributed by atoms with E-state index in [1.165, 1.54) is 11.3 Å². The third-order valence-electron chi connectivity index (χ3n) is 5.20. The number of thiophene rings is 1. The van der Waals surface area contributed by atoms with Gasteiger partial charge in [-0.3, -0.25) is 4.79 Å². The van der Waals surface area contributed by atoms with E-state index in [2.05, 4.69) is 0 Å². The van der Waals surface area contributed by atoms with Gasteiger partial charge in [-0.1, -0.05) is 12.8 Å². The molecule has 1 amide bonds. The summed E-state index contributed by atoms with van der Waals surface area (Å²) in [5, 5.41) is 0. The van der Waals surface area contributed by atoms with Crippen LogP contribution in [0.15, 0.2) is 6.07 Å². The van der Waals surface area contributed by atoms with Crippen LogP contribution in [-0.2, 0) is 19.4 Å². The van der Waals surface area contributed by atoms with E-state index in [0.29, 0.717) is 12.0 Å². The first-order valence-corrected chi connectivity index (χ1v) is 11.7. The number of amides is 1. The van der Waals surface area contributed by atoms with Crippen LogP contribution < -0.4 is 0 Å². The topological polar surface area (TPSA) is 80.8 Å². The normalized spacial score (nSPS) is 22.5. The van der Waals surface area contributed by atoms with Crippen LogP contribution in [-0.4, -0.2) is 55.4 Å². The van der Waals surface area contributed by atoms with E-state index >= 15 is 0 Å². The second-order valence-corrected chi connectivity index (χ2v) is 10.9. The zero-order valence-corrected chi connectivity index (χ0v) is 16.8. The fourth-order valence-corrected chi connectivity index (χ4v) is 6.62. The summed E-state index contributed by atoms with van der Waals surface area (Å²) in [7, 11) is -3.08. The van der Waals surface area contributed by atoms with Gasteiger partial charge in [0.2, 0.25) is 0 Å². The van der Waals surface area contributed by atoms with Crippen molar-refractivity contribution in [3.63, 3.8) is 0 Å². The average Bonchev–Trinajstić information content (AvgIpc) is 3.27. The van der Waals surface area contributed by atoms with Gasteiger partial charge in [0.1, 0.15) is 0 Å². The first-order chi connectivity index (χ1) is 12.3. The molecule has 1 aromatic heterocycles. The minimum atomic E-state index is -3.08. The molecule has 0 spiro atoms. The monoisotopic (exact) mass is 399 g/mol. The highest BCUT2D eigenvalue weighted by Gasteiger charge is 2.39. The van der Waals surface area contributed by atoms with Gasteiger partial charge in [0.15, 0.2) is 16.4 Å². The molecule has 26 heavy (non-hydrogen) atoms. The Balaban J connectivity index is 1.67. The molecule has 0 radical (unpaired) electrons. The van der Waals surface area contributed by atoms with Crippen LogP contribution in [0.4, 0.5) is 0 Å². The number of nitrogens with zero attached hydrogens (tertiary/aromatic N) is 1. The van der Waals surface area contributed by atoms with Crippen LogP contribution in [0.3, 0.4) is 0 Å². The van der Waals surface area contributed by atoms with Crippen molar-refractivity contribution in [1.82, 2.24) is 4.90 Å². The zero-order valence-electron chi connectivity index (χ0n) is 15.2. The number of sulfone groups is 1. The fraction of sp³-hybridized carbons (Fsp3) is 0.667. The second kappa shape index (κ2) is 7.68.